The van der Waals surface area contributed by atoms with Crippen molar-refractivity contribution in [3.8, 4) is 0 Å². The average molecular weight is 154 g/mol. The zero-order chi connectivity index (χ0) is 8.27. The van der Waals surface area contributed by atoms with Gasteiger partial charge >= 0.3 is 5.97 Å². The molecule has 0 amide bonds. The molecular weight excluding hydrogens is 144 g/mol. The van der Waals surface area contributed by atoms with Crippen molar-refractivity contribution < 1.29 is 14.3 Å². The first-order valence-corrected chi connectivity index (χ1v) is 3.54. The van der Waals surface area contributed by atoms with E-state index in [1.54, 1.807) is 6.07 Å². The van der Waals surface area contributed by atoms with Crippen molar-refractivity contribution in [3.63, 3.8) is 0 Å². The lowest BCUT2D eigenvalue weighted by Gasteiger charge is -1.86. The highest BCUT2D eigenvalue weighted by molar-refractivity contribution is 5.87. The molecule has 1 heterocycles. The van der Waals surface area contributed by atoms with E-state index in [2.05, 4.69) is 0 Å². The normalized spacial score (nSPS) is 9.91. The number of hydrogen-bond acceptors (Lipinski definition) is 2. The second-order valence-electron chi connectivity index (χ2n) is 2.36. The lowest BCUT2D eigenvalue weighted by molar-refractivity contribution is 0.0696. The van der Waals surface area contributed by atoms with Crippen LogP contribution >= 0.6 is 0 Å². The minimum atomic E-state index is -0.934. The summed E-state index contributed by atoms with van der Waals surface area (Å²) in [5, 5.41) is 8.51. The van der Waals surface area contributed by atoms with Crippen LogP contribution in [0, 0.1) is 0 Å². The van der Waals surface area contributed by atoms with Gasteiger partial charge in [0, 0.05) is 6.42 Å². The maximum atomic E-state index is 10.4. The van der Waals surface area contributed by atoms with Crippen molar-refractivity contribution in [2.75, 3.05) is 0 Å². The third kappa shape index (κ3) is 1.83. The van der Waals surface area contributed by atoms with Gasteiger partial charge < -0.3 is 9.52 Å². The number of hydrogen-bond donors (Lipinski definition) is 1. The van der Waals surface area contributed by atoms with Crippen LogP contribution in [0.15, 0.2) is 16.7 Å². The summed E-state index contributed by atoms with van der Waals surface area (Å²) in [7, 11) is 0. The maximum absolute atomic E-state index is 10.4. The molecule has 0 saturated heterocycles. The number of rotatable bonds is 3. The number of carboxylic acids is 1. The zero-order valence-corrected chi connectivity index (χ0v) is 6.33. The van der Waals surface area contributed by atoms with Crippen molar-refractivity contribution in [2.24, 2.45) is 0 Å². The molecule has 0 aliphatic heterocycles. The smallest absolute Gasteiger partial charge is 0.338 e. The van der Waals surface area contributed by atoms with Crippen molar-refractivity contribution in [1.29, 1.82) is 0 Å². The summed E-state index contributed by atoms with van der Waals surface area (Å²) in [4.78, 5) is 10.4. The molecule has 0 fully saturated rings. The van der Waals surface area contributed by atoms with Gasteiger partial charge in [-0.15, -0.1) is 0 Å². The lowest BCUT2D eigenvalue weighted by atomic mass is 10.2. The molecular formula is C8H10O3. The Balaban J connectivity index is 2.73. The van der Waals surface area contributed by atoms with Gasteiger partial charge in [0.05, 0.1) is 5.56 Å². The topological polar surface area (TPSA) is 50.4 Å². The molecule has 1 N–H and O–H groups in total. The van der Waals surface area contributed by atoms with Crippen LogP contribution in [0.1, 0.15) is 29.5 Å². The molecule has 1 aromatic heterocycles. The molecule has 0 aromatic carbocycles. The molecule has 60 valence electrons. The van der Waals surface area contributed by atoms with Gasteiger partial charge in [0.15, 0.2) is 0 Å². The van der Waals surface area contributed by atoms with Crippen LogP contribution in [0.2, 0.25) is 0 Å². The molecule has 1 aromatic rings. The largest absolute Gasteiger partial charge is 0.478 e. The quantitative estimate of drug-likeness (QED) is 0.723. The van der Waals surface area contributed by atoms with Gasteiger partial charge in [-0.1, -0.05) is 6.92 Å². The van der Waals surface area contributed by atoms with E-state index in [-0.39, 0.29) is 5.56 Å². The Bertz CT molecular complexity index is 250. The van der Waals surface area contributed by atoms with Gasteiger partial charge in [-0.25, -0.2) is 4.79 Å². The second kappa shape index (κ2) is 3.23. The summed E-state index contributed by atoms with van der Waals surface area (Å²) in [6, 6.07) is 1.56. The van der Waals surface area contributed by atoms with Crippen LogP contribution in [0.3, 0.4) is 0 Å². The number of carboxylic acid groups (broad SMARTS) is 1. The van der Waals surface area contributed by atoms with Crippen molar-refractivity contribution in [3.05, 3.63) is 23.7 Å². The zero-order valence-electron chi connectivity index (χ0n) is 6.33. The predicted molar refractivity (Wildman–Crippen MR) is 39.7 cm³/mol. The Morgan fingerprint density at radius 2 is 2.45 bits per heavy atom. The minimum Gasteiger partial charge on any atom is -0.478 e. The van der Waals surface area contributed by atoms with E-state index >= 15 is 0 Å². The van der Waals surface area contributed by atoms with Crippen LogP contribution in [-0.4, -0.2) is 11.1 Å². The molecule has 0 aliphatic carbocycles. The van der Waals surface area contributed by atoms with Gasteiger partial charge in [-0.05, 0) is 12.5 Å². The van der Waals surface area contributed by atoms with Gasteiger partial charge in [-0.2, -0.15) is 0 Å². The highest BCUT2D eigenvalue weighted by Gasteiger charge is 2.06. The summed E-state index contributed by atoms with van der Waals surface area (Å²) >= 11 is 0. The summed E-state index contributed by atoms with van der Waals surface area (Å²) in [6.45, 7) is 2.02. The molecule has 0 bridgehead atoms. The molecule has 3 nitrogen and oxygen atoms in total. The van der Waals surface area contributed by atoms with E-state index in [4.69, 9.17) is 9.52 Å². The lowest BCUT2D eigenvalue weighted by Crippen LogP contribution is -1.91. The van der Waals surface area contributed by atoms with Crippen molar-refractivity contribution in [2.45, 2.75) is 19.8 Å². The van der Waals surface area contributed by atoms with Crippen LogP contribution < -0.4 is 0 Å². The Hall–Kier alpha value is -1.25. The Labute approximate surface area is 64.6 Å². The van der Waals surface area contributed by atoms with E-state index < -0.39 is 5.97 Å². The number of furan rings is 1. The Kier molecular flexibility index (Phi) is 2.31. The van der Waals surface area contributed by atoms with Crippen LogP contribution in [-0.2, 0) is 6.42 Å². The first-order valence-electron chi connectivity index (χ1n) is 3.54. The van der Waals surface area contributed by atoms with Crippen LogP contribution in [0.5, 0.6) is 0 Å². The van der Waals surface area contributed by atoms with Crippen LogP contribution in [0.25, 0.3) is 0 Å². The summed E-state index contributed by atoms with van der Waals surface area (Å²) in [6.07, 6.45) is 3.03. The highest BCUT2D eigenvalue weighted by Crippen LogP contribution is 2.09. The van der Waals surface area contributed by atoms with Crippen molar-refractivity contribution in [1.82, 2.24) is 0 Å². The Morgan fingerprint density at radius 3 is 2.91 bits per heavy atom. The summed E-state index contributed by atoms with van der Waals surface area (Å²) in [5.41, 5.74) is 0.230. The summed E-state index contributed by atoms with van der Waals surface area (Å²) < 4.78 is 4.99. The van der Waals surface area contributed by atoms with E-state index in [0.717, 1.165) is 18.6 Å². The fourth-order valence-corrected chi connectivity index (χ4v) is 0.870. The number of aromatic carboxylic acids is 1. The van der Waals surface area contributed by atoms with Gasteiger partial charge in [-0.3, -0.25) is 0 Å². The molecule has 0 aliphatic rings. The molecule has 0 saturated carbocycles. The fourth-order valence-electron chi connectivity index (χ4n) is 0.870. The van der Waals surface area contributed by atoms with E-state index in [1.165, 1.54) is 6.26 Å². The molecule has 0 spiro atoms. The monoisotopic (exact) mass is 154 g/mol. The average Bonchev–Trinajstić information content (AvgIpc) is 2.37. The van der Waals surface area contributed by atoms with Gasteiger partial charge in [0.2, 0.25) is 0 Å². The number of carbonyl (C=O) groups is 1. The first kappa shape index (κ1) is 7.85. The van der Waals surface area contributed by atoms with Gasteiger partial charge in [0.1, 0.15) is 12.0 Å². The van der Waals surface area contributed by atoms with E-state index in [9.17, 15) is 4.79 Å². The molecule has 3 heteroatoms. The van der Waals surface area contributed by atoms with Crippen LogP contribution in [0.4, 0.5) is 0 Å². The molecule has 11 heavy (non-hydrogen) atoms. The second-order valence-corrected chi connectivity index (χ2v) is 2.36. The molecule has 0 radical (unpaired) electrons. The van der Waals surface area contributed by atoms with E-state index in [1.807, 2.05) is 6.92 Å². The standard InChI is InChI=1S/C8H10O3/c1-2-3-7-4-6(5-11-7)8(9)10/h4-5H,2-3H2,1H3,(H,9,10). The third-order valence-electron chi connectivity index (χ3n) is 1.40. The van der Waals surface area contributed by atoms with E-state index in [0.29, 0.717) is 0 Å². The first-order chi connectivity index (χ1) is 5.24. The SMILES string of the molecule is CCCc1cc(C(=O)O)co1. The molecule has 0 atom stereocenters. The predicted octanol–water partition coefficient (Wildman–Crippen LogP) is 1.93. The number of aryl methyl sites for hydroxylation is 1. The molecule has 1 rings (SSSR count). The Morgan fingerprint density at radius 1 is 1.73 bits per heavy atom. The highest BCUT2D eigenvalue weighted by atomic mass is 16.4. The van der Waals surface area contributed by atoms with Gasteiger partial charge in [0.25, 0.3) is 0 Å². The minimum absolute atomic E-state index is 0.230. The third-order valence-corrected chi connectivity index (χ3v) is 1.40. The van der Waals surface area contributed by atoms with Crippen molar-refractivity contribution >= 4 is 5.97 Å². The fraction of sp³-hybridized carbons (Fsp3) is 0.375. The summed E-state index contributed by atoms with van der Waals surface area (Å²) in [5.74, 6) is -0.194. The maximum Gasteiger partial charge on any atom is 0.338 e. The molecule has 0 unspecified atom stereocenters.